The first kappa shape index (κ1) is 22.1. The maximum atomic E-state index is 13.5. The number of pyridine rings is 1. The van der Waals surface area contributed by atoms with Gasteiger partial charge in [-0.15, -0.1) is 0 Å². The predicted molar refractivity (Wildman–Crippen MR) is 112 cm³/mol. The summed E-state index contributed by atoms with van der Waals surface area (Å²) < 4.78 is 54.4. The molecule has 1 saturated heterocycles. The van der Waals surface area contributed by atoms with Crippen molar-refractivity contribution in [2.45, 2.75) is 38.3 Å². The number of fused-ring (bicyclic) bond motifs is 1. The van der Waals surface area contributed by atoms with Crippen molar-refractivity contribution in [1.29, 1.82) is 0 Å². The molecule has 1 spiro atoms. The number of benzene rings is 1. The highest BCUT2D eigenvalue weighted by Gasteiger charge is 2.48. The van der Waals surface area contributed by atoms with Gasteiger partial charge in [0.2, 0.25) is 12.1 Å². The van der Waals surface area contributed by atoms with Crippen molar-refractivity contribution in [2.75, 3.05) is 11.5 Å². The van der Waals surface area contributed by atoms with Crippen molar-refractivity contribution in [3.8, 4) is 17.2 Å². The van der Waals surface area contributed by atoms with Crippen LogP contribution < -0.4 is 14.2 Å². The zero-order valence-corrected chi connectivity index (χ0v) is 18.7. The summed E-state index contributed by atoms with van der Waals surface area (Å²) >= 11 is 12.3. The normalized spacial score (nSPS) is 19.2. The first-order chi connectivity index (χ1) is 14.6. The van der Waals surface area contributed by atoms with Crippen LogP contribution in [-0.2, 0) is 16.3 Å². The smallest absolute Gasteiger partial charge is 0.253 e. The van der Waals surface area contributed by atoms with E-state index in [9.17, 15) is 17.6 Å². The summed E-state index contributed by atoms with van der Waals surface area (Å²) in [5, 5.41) is 0.490. The zero-order valence-electron chi connectivity index (χ0n) is 16.4. The summed E-state index contributed by atoms with van der Waals surface area (Å²) in [4.78, 5) is 17.0. The van der Waals surface area contributed by atoms with Gasteiger partial charge in [0.05, 0.1) is 27.1 Å². The van der Waals surface area contributed by atoms with Crippen LogP contribution in [0.1, 0.15) is 35.7 Å². The fourth-order valence-corrected chi connectivity index (χ4v) is 5.49. The molecule has 1 unspecified atom stereocenters. The number of sulfone groups is 1. The third kappa shape index (κ3) is 4.44. The van der Waals surface area contributed by atoms with Crippen LogP contribution in [0.2, 0.25) is 10.0 Å². The lowest BCUT2D eigenvalue weighted by atomic mass is 10.0. The Morgan fingerprint density at radius 2 is 1.81 bits per heavy atom. The Labute approximate surface area is 188 Å². The Morgan fingerprint density at radius 1 is 1.19 bits per heavy atom. The number of aromatic nitrogens is 1. The summed E-state index contributed by atoms with van der Waals surface area (Å²) in [7, 11) is -3.19. The van der Waals surface area contributed by atoms with Crippen molar-refractivity contribution < 1.29 is 31.8 Å². The van der Waals surface area contributed by atoms with Gasteiger partial charge in [0, 0.05) is 44.1 Å². The lowest BCUT2D eigenvalue weighted by Gasteiger charge is -2.31. The molecule has 0 saturated carbocycles. The maximum Gasteiger partial charge on any atom is 0.253 e. The summed E-state index contributed by atoms with van der Waals surface area (Å²) in [5.41, 5.74) is 0.579. The molecule has 3 heterocycles. The Hall–Kier alpha value is -2.10. The fraction of sp³-hybridized carbons (Fsp3) is 0.400. The van der Waals surface area contributed by atoms with Crippen LogP contribution in [0, 0.1) is 0 Å². The van der Waals surface area contributed by atoms with E-state index in [1.54, 1.807) is 0 Å². The molecule has 0 amide bonds. The molecule has 2 aliphatic rings. The summed E-state index contributed by atoms with van der Waals surface area (Å²) in [6.45, 7) is 1.21. The van der Waals surface area contributed by atoms with Crippen LogP contribution >= 0.6 is 23.2 Å². The van der Waals surface area contributed by atoms with Crippen LogP contribution in [0.25, 0.3) is 0 Å². The predicted octanol–water partition coefficient (Wildman–Crippen LogP) is 4.18. The number of carbonyl (C=O) groups excluding carboxylic acids is 1. The molecule has 0 aliphatic carbocycles. The molecular weight excluding hydrogens is 472 g/mol. The average molecular weight is 490 g/mol. The molecule has 7 nitrogen and oxygen atoms in total. The van der Waals surface area contributed by atoms with Gasteiger partial charge in [-0.1, -0.05) is 23.2 Å². The maximum absolute atomic E-state index is 13.5. The Morgan fingerprint density at radius 3 is 2.42 bits per heavy atom. The third-order valence-corrected chi connectivity index (χ3v) is 7.42. The minimum absolute atomic E-state index is 0.0619. The van der Waals surface area contributed by atoms with Crippen molar-refractivity contribution in [3.05, 3.63) is 45.7 Å². The highest BCUT2D eigenvalue weighted by Crippen LogP contribution is 2.51. The Kier molecular flexibility index (Phi) is 5.78. The number of hydrogen-bond acceptors (Lipinski definition) is 7. The minimum atomic E-state index is -3.19. The molecule has 0 bridgehead atoms. The summed E-state index contributed by atoms with van der Waals surface area (Å²) in [5.74, 6) is -1.65. The topological polar surface area (TPSA) is 91.8 Å². The van der Waals surface area contributed by atoms with E-state index in [4.69, 9.17) is 37.4 Å². The standard InChI is InChI=1S/C20H18Cl2FNO6S/c1-11(23)28-17-3-2-12(16(25)8-13-14(21)9-24-10-15(13)22)18-19(17)30-20(29-18)4-6-31(26,27)7-5-20/h2-3,9-11H,4-8H2,1H3. The van der Waals surface area contributed by atoms with Gasteiger partial charge in [0.1, 0.15) is 0 Å². The van der Waals surface area contributed by atoms with Crippen LogP contribution in [0.5, 0.6) is 17.2 Å². The van der Waals surface area contributed by atoms with Gasteiger partial charge >= 0.3 is 0 Å². The lowest BCUT2D eigenvalue weighted by molar-refractivity contribution is -0.0870. The zero-order chi connectivity index (χ0) is 22.4. The molecule has 0 N–H and O–H groups in total. The van der Waals surface area contributed by atoms with Crippen LogP contribution in [0.15, 0.2) is 24.5 Å². The molecule has 1 fully saturated rings. The average Bonchev–Trinajstić information content (AvgIpc) is 3.07. The Balaban J connectivity index is 1.70. The van der Waals surface area contributed by atoms with Gasteiger partial charge < -0.3 is 14.2 Å². The molecule has 11 heteroatoms. The van der Waals surface area contributed by atoms with E-state index < -0.39 is 22.0 Å². The number of nitrogens with zero attached hydrogens (tertiary/aromatic N) is 1. The summed E-state index contributed by atoms with van der Waals surface area (Å²) in [6.07, 6.45) is 1.16. The molecule has 31 heavy (non-hydrogen) atoms. The van der Waals surface area contributed by atoms with Gasteiger partial charge in [-0.3, -0.25) is 9.78 Å². The molecule has 1 aromatic carbocycles. The number of halogens is 3. The third-order valence-electron chi connectivity index (χ3n) is 5.12. The number of hydrogen-bond donors (Lipinski definition) is 0. The summed E-state index contributed by atoms with van der Waals surface area (Å²) in [6, 6.07) is 2.86. The molecule has 166 valence electrons. The van der Waals surface area contributed by atoms with Crippen LogP contribution in [-0.4, -0.2) is 42.8 Å². The van der Waals surface area contributed by atoms with E-state index in [1.165, 1.54) is 31.5 Å². The molecule has 1 aromatic heterocycles. The molecular formula is C20H18Cl2FNO6S. The first-order valence-electron chi connectivity index (χ1n) is 9.46. The fourth-order valence-electron chi connectivity index (χ4n) is 3.54. The van der Waals surface area contributed by atoms with Crippen LogP contribution in [0.3, 0.4) is 0 Å². The van der Waals surface area contributed by atoms with E-state index in [1.807, 2.05) is 0 Å². The molecule has 0 radical (unpaired) electrons. The Bertz CT molecular complexity index is 1120. The second-order valence-electron chi connectivity index (χ2n) is 7.38. The monoisotopic (exact) mass is 489 g/mol. The van der Waals surface area contributed by atoms with E-state index >= 15 is 0 Å². The van der Waals surface area contributed by atoms with Gasteiger partial charge in [0.15, 0.2) is 27.1 Å². The molecule has 2 aromatic rings. The van der Waals surface area contributed by atoms with Gasteiger partial charge in [-0.05, 0) is 12.1 Å². The van der Waals surface area contributed by atoms with Crippen molar-refractivity contribution in [3.63, 3.8) is 0 Å². The molecule has 1 atom stereocenters. The van der Waals surface area contributed by atoms with Gasteiger partial charge in [0.25, 0.3) is 5.79 Å². The number of ether oxygens (including phenoxy) is 3. The van der Waals surface area contributed by atoms with E-state index in [0.29, 0.717) is 5.56 Å². The van der Waals surface area contributed by atoms with Crippen molar-refractivity contribution in [2.24, 2.45) is 0 Å². The number of Topliss-reactive ketones (excluding diaryl/α,β-unsaturated/α-hetero) is 1. The number of ketones is 1. The van der Waals surface area contributed by atoms with E-state index in [0.717, 1.165) is 0 Å². The quantitative estimate of drug-likeness (QED) is 0.581. The van der Waals surface area contributed by atoms with E-state index in [-0.39, 0.29) is 69.4 Å². The second-order valence-corrected chi connectivity index (χ2v) is 10.5. The van der Waals surface area contributed by atoms with Gasteiger partial charge in [-0.2, -0.15) is 0 Å². The minimum Gasteiger partial charge on any atom is -0.457 e. The number of alkyl halides is 1. The van der Waals surface area contributed by atoms with Gasteiger partial charge in [-0.25, -0.2) is 12.8 Å². The second kappa shape index (κ2) is 8.11. The number of carbonyl (C=O) groups is 1. The number of rotatable bonds is 5. The lowest BCUT2D eigenvalue weighted by Crippen LogP contribution is -2.46. The van der Waals surface area contributed by atoms with Crippen molar-refractivity contribution in [1.82, 2.24) is 4.98 Å². The molecule has 2 aliphatic heterocycles. The van der Waals surface area contributed by atoms with Crippen molar-refractivity contribution >= 4 is 38.8 Å². The largest absolute Gasteiger partial charge is 0.457 e. The van der Waals surface area contributed by atoms with Crippen LogP contribution in [0.4, 0.5) is 4.39 Å². The van der Waals surface area contributed by atoms with E-state index in [2.05, 4.69) is 4.98 Å². The first-order valence-corrected chi connectivity index (χ1v) is 12.0. The molecule has 4 rings (SSSR count). The SMILES string of the molecule is CC(F)Oc1ccc(C(=O)Cc2c(Cl)cncc2Cl)c2c1OC1(CCS(=O)(=O)CC1)O2. The highest BCUT2D eigenvalue weighted by atomic mass is 35.5. The highest BCUT2D eigenvalue weighted by molar-refractivity contribution is 7.91.